The zero-order chi connectivity index (χ0) is 17.5. The minimum absolute atomic E-state index is 0.0267. The molecule has 0 aromatic rings. The maximum absolute atomic E-state index is 13.5. The molecular weight excluding hydrogens is 326 g/mol. The predicted molar refractivity (Wildman–Crippen MR) is 70.6 cm³/mol. The van der Waals surface area contributed by atoms with Gasteiger partial charge in [0, 0.05) is 6.61 Å². The van der Waals surface area contributed by atoms with Crippen LogP contribution in [-0.4, -0.2) is 30.9 Å². The first kappa shape index (κ1) is 18.8. The van der Waals surface area contributed by atoms with E-state index in [1.54, 1.807) is 0 Å². The summed E-state index contributed by atoms with van der Waals surface area (Å²) >= 11 is 0. The molecule has 0 aromatic heterocycles. The van der Waals surface area contributed by atoms with E-state index < -0.39 is 36.6 Å². The lowest BCUT2D eigenvalue weighted by atomic mass is 9.79. The van der Waals surface area contributed by atoms with E-state index in [9.17, 15) is 26.3 Å². The highest BCUT2D eigenvalue weighted by atomic mass is 19.4. The first-order valence-electron chi connectivity index (χ1n) is 7.93. The minimum atomic E-state index is -5.54. The van der Waals surface area contributed by atoms with E-state index in [1.807, 2.05) is 0 Å². The normalized spacial score (nSPS) is 30.0. The fraction of sp³-hybridized carbons (Fsp3) is 1.00. The highest BCUT2D eigenvalue weighted by Gasteiger charge is 2.73. The molecule has 0 amide bonds. The molecule has 136 valence electrons. The van der Waals surface area contributed by atoms with Crippen molar-refractivity contribution in [1.29, 1.82) is 0 Å². The molecule has 0 radical (unpaired) electrons. The lowest BCUT2D eigenvalue weighted by molar-refractivity contribution is -0.411. The van der Waals surface area contributed by atoms with Gasteiger partial charge in [-0.3, -0.25) is 0 Å². The van der Waals surface area contributed by atoms with E-state index in [-0.39, 0.29) is 18.4 Å². The molecule has 0 heterocycles. The van der Waals surface area contributed by atoms with Gasteiger partial charge in [-0.05, 0) is 57.3 Å². The second-order valence-electron chi connectivity index (χ2n) is 6.60. The first-order chi connectivity index (χ1) is 10.5. The maximum atomic E-state index is 13.5. The fourth-order valence-corrected chi connectivity index (χ4v) is 4.12. The van der Waals surface area contributed by atoms with E-state index in [4.69, 9.17) is 4.74 Å². The van der Waals surface area contributed by atoms with Gasteiger partial charge >= 0.3 is 12.4 Å². The molecule has 2 aliphatic carbocycles. The van der Waals surface area contributed by atoms with E-state index >= 15 is 0 Å². The van der Waals surface area contributed by atoms with Gasteiger partial charge in [0.2, 0.25) is 0 Å². The van der Waals surface area contributed by atoms with Crippen LogP contribution < -0.4 is 0 Å². The molecule has 0 saturated heterocycles. The molecule has 0 aromatic carbocycles. The van der Waals surface area contributed by atoms with Crippen molar-refractivity contribution >= 4 is 0 Å². The molecule has 2 rings (SSSR count). The second kappa shape index (κ2) is 6.43. The van der Waals surface area contributed by atoms with Gasteiger partial charge < -0.3 is 9.47 Å². The van der Waals surface area contributed by atoms with Crippen LogP contribution in [0, 0.1) is 17.8 Å². The molecule has 23 heavy (non-hydrogen) atoms. The molecule has 8 heteroatoms. The van der Waals surface area contributed by atoms with Gasteiger partial charge in [-0.2, -0.15) is 26.3 Å². The Labute approximate surface area is 131 Å². The van der Waals surface area contributed by atoms with E-state index in [0.29, 0.717) is 12.8 Å². The molecule has 2 nitrogen and oxygen atoms in total. The van der Waals surface area contributed by atoms with Crippen molar-refractivity contribution in [3.8, 4) is 0 Å². The van der Waals surface area contributed by atoms with Crippen LogP contribution in [0.2, 0.25) is 0 Å². The summed E-state index contributed by atoms with van der Waals surface area (Å²) in [6.45, 7) is 2.52. The Balaban J connectivity index is 2.28. The SMILES string of the molecule is CCOC(C)OC(CC1CC2CCC1C2)(C(F)(F)F)C(F)(F)F. The molecule has 0 N–H and O–H groups in total. The lowest BCUT2D eigenvalue weighted by Crippen LogP contribution is -2.61. The minimum Gasteiger partial charge on any atom is -0.353 e. The molecule has 0 spiro atoms. The summed E-state index contributed by atoms with van der Waals surface area (Å²) < 4.78 is 90.1. The summed E-state index contributed by atoms with van der Waals surface area (Å²) in [4.78, 5) is 0. The summed E-state index contributed by atoms with van der Waals surface area (Å²) in [6.07, 6.45) is -11.0. The number of hydrogen-bond acceptors (Lipinski definition) is 2. The Morgan fingerprint density at radius 2 is 1.61 bits per heavy atom. The van der Waals surface area contributed by atoms with Crippen LogP contribution in [-0.2, 0) is 9.47 Å². The van der Waals surface area contributed by atoms with Crippen LogP contribution in [0.4, 0.5) is 26.3 Å². The molecule has 0 aliphatic heterocycles. The number of hydrogen-bond donors (Lipinski definition) is 0. The molecule has 2 aliphatic rings. The van der Waals surface area contributed by atoms with Crippen LogP contribution >= 0.6 is 0 Å². The number of halogens is 6. The maximum Gasteiger partial charge on any atom is 0.426 e. The van der Waals surface area contributed by atoms with E-state index in [2.05, 4.69) is 4.74 Å². The van der Waals surface area contributed by atoms with Crippen molar-refractivity contribution in [2.45, 2.75) is 70.2 Å². The lowest BCUT2D eigenvalue weighted by Gasteiger charge is -2.41. The van der Waals surface area contributed by atoms with Crippen molar-refractivity contribution in [2.75, 3.05) is 6.61 Å². The average Bonchev–Trinajstić information content (AvgIpc) is 2.97. The molecule has 4 atom stereocenters. The third-order valence-electron chi connectivity index (χ3n) is 5.12. The van der Waals surface area contributed by atoms with Crippen molar-refractivity contribution < 1.29 is 35.8 Å². The van der Waals surface area contributed by atoms with Crippen LogP contribution in [0.1, 0.15) is 46.0 Å². The summed E-state index contributed by atoms with van der Waals surface area (Å²) in [5.74, 6) is -0.408. The van der Waals surface area contributed by atoms with Gasteiger partial charge in [-0.15, -0.1) is 0 Å². The van der Waals surface area contributed by atoms with Crippen molar-refractivity contribution in [2.24, 2.45) is 17.8 Å². The van der Waals surface area contributed by atoms with E-state index in [1.165, 1.54) is 6.92 Å². The zero-order valence-corrected chi connectivity index (χ0v) is 13.1. The third-order valence-corrected chi connectivity index (χ3v) is 5.12. The summed E-state index contributed by atoms with van der Waals surface area (Å²) in [7, 11) is 0. The summed E-state index contributed by atoms with van der Waals surface area (Å²) in [5.41, 5.74) is -4.16. The highest BCUT2D eigenvalue weighted by Crippen LogP contribution is 2.56. The van der Waals surface area contributed by atoms with Gasteiger partial charge in [-0.1, -0.05) is 6.42 Å². The fourth-order valence-electron chi connectivity index (χ4n) is 4.12. The quantitative estimate of drug-likeness (QED) is 0.493. The molecule has 2 fully saturated rings. The Hall–Kier alpha value is -0.500. The monoisotopic (exact) mass is 348 g/mol. The topological polar surface area (TPSA) is 18.5 Å². The average molecular weight is 348 g/mol. The van der Waals surface area contributed by atoms with Crippen LogP contribution in [0.25, 0.3) is 0 Å². The second-order valence-corrected chi connectivity index (χ2v) is 6.60. The zero-order valence-electron chi connectivity index (χ0n) is 13.1. The largest absolute Gasteiger partial charge is 0.426 e. The van der Waals surface area contributed by atoms with Crippen LogP contribution in [0.15, 0.2) is 0 Å². The number of ether oxygens (including phenoxy) is 2. The summed E-state index contributed by atoms with van der Waals surface area (Å²) in [5, 5.41) is 0. The Bertz CT molecular complexity index is 392. The van der Waals surface area contributed by atoms with Crippen molar-refractivity contribution in [1.82, 2.24) is 0 Å². The Morgan fingerprint density at radius 1 is 1.00 bits per heavy atom. The highest BCUT2D eigenvalue weighted by molar-refractivity contribution is 5.02. The van der Waals surface area contributed by atoms with Gasteiger partial charge in [0.05, 0.1) is 0 Å². The van der Waals surface area contributed by atoms with Gasteiger partial charge in [-0.25, -0.2) is 0 Å². The number of rotatable bonds is 6. The summed E-state index contributed by atoms with van der Waals surface area (Å²) in [6, 6.07) is 0. The van der Waals surface area contributed by atoms with Gasteiger partial charge in [0.25, 0.3) is 5.60 Å². The molecule has 2 bridgehead atoms. The van der Waals surface area contributed by atoms with Crippen molar-refractivity contribution in [3.63, 3.8) is 0 Å². The standard InChI is InChI=1S/C15H22F6O2/c1-3-22-9(2)23-13(14(16,17)18,15(19,20)21)8-12-7-10-4-5-11(12)6-10/h9-12H,3-8H2,1-2H3. The Morgan fingerprint density at radius 3 is 2.00 bits per heavy atom. The predicted octanol–water partition coefficient (Wildman–Crippen LogP) is 5.08. The van der Waals surface area contributed by atoms with Gasteiger partial charge in [0.1, 0.15) is 0 Å². The van der Waals surface area contributed by atoms with Gasteiger partial charge in [0.15, 0.2) is 6.29 Å². The van der Waals surface area contributed by atoms with E-state index in [0.717, 1.165) is 19.8 Å². The first-order valence-corrected chi connectivity index (χ1v) is 7.93. The van der Waals surface area contributed by atoms with Crippen LogP contribution in [0.5, 0.6) is 0 Å². The van der Waals surface area contributed by atoms with Crippen molar-refractivity contribution in [3.05, 3.63) is 0 Å². The smallest absolute Gasteiger partial charge is 0.353 e. The molecular formula is C15H22F6O2. The Kier molecular flexibility index (Phi) is 5.26. The third kappa shape index (κ3) is 3.62. The number of fused-ring (bicyclic) bond motifs is 2. The van der Waals surface area contributed by atoms with Crippen LogP contribution in [0.3, 0.4) is 0 Å². The molecule has 2 saturated carbocycles. The molecule has 4 unspecified atom stereocenters. The number of alkyl halides is 6.